The molecule has 0 aromatic carbocycles. The summed E-state index contributed by atoms with van der Waals surface area (Å²) >= 11 is 0. The Morgan fingerprint density at radius 3 is 3.15 bits per heavy atom. The van der Waals surface area contributed by atoms with Crippen molar-refractivity contribution in [1.29, 1.82) is 0 Å². The summed E-state index contributed by atoms with van der Waals surface area (Å²) in [6.07, 6.45) is 4.97. The lowest BCUT2D eigenvalue weighted by molar-refractivity contribution is -0.134. The number of oxime groups is 1. The fraction of sp³-hybridized carbons (Fsp3) is 0.778. The van der Waals surface area contributed by atoms with E-state index in [2.05, 4.69) is 9.99 Å². The van der Waals surface area contributed by atoms with E-state index in [9.17, 15) is 4.79 Å². The first kappa shape index (κ1) is 8.53. The van der Waals surface area contributed by atoms with Crippen molar-refractivity contribution in [3.63, 3.8) is 0 Å². The zero-order valence-electron chi connectivity index (χ0n) is 7.77. The van der Waals surface area contributed by atoms with Crippen LogP contribution in [0, 0.1) is 5.92 Å². The van der Waals surface area contributed by atoms with Gasteiger partial charge < -0.3 is 9.74 Å². The third kappa shape index (κ3) is 1.41. The first-order chi connectivity index (χ1) is 6.33. The first-order valence-electron chi connectivity index (χ1n) is 4.70. The van der Waals surface area contributed by atoms with E-state index in [1.54, 1.807) is 0 Å². The second kappa shape index (κ2) is 3.36. The highest BCUT2D eigenvalue weighted by Crippen LogP contribution is 2.38. The number of carbonyl (C=O) groups excluding carboxylic acids is 1. The van der Waals surface area contributed by atoms with E-state index in [0.717, 1.165) is 18.9 Å². The molecule has 13 heavy (non-hydrogen) atoms. The Morgan fingerprint density at radius 2 is 2.46 bits per heavy atom. The molecule has 4 nitrogen and oxygen atoms in total. The summed E-state index contributed by atoms with van der Waals surface area (Å²) in [6, 6.07) is 0.496. The predicted octanol–water partition coefficient (Wildman–Crippen LogP) is 0.630. The standard InChI is InChI=1S/C9H14N2O2/c1-13-10-5-9(12)11-6-7-3-2-4-8(7)11/h5,7-8H,2-4,6H2,1H3/b10-5+. The molecule has 0 bridgehead atoms. The van der Waals surface area contributed by atoms with E-state index in [1.165, 1.54) is 26.2 Å². The van der Waals surface area contributed by atoms with Gasteiger partial charge in [-0.1, -0.05) is 11.6 Å². The van der Waals surface area contributed by atoms with Gasteiger partial charge in [0.15, 0.2) is 0 Å². The molecular formula is C9H14N2O2. The molecule has 1 aliphatic heterocycles. The molecular weight excluding hydrogens is 168 g/mol. The largest absolute Gasteiger partial charge is 0.399 e. The number of amides is 1. The number of hydrogen-bond donors (Lipinski definition) is 0. The van der Waals surface area contributed by atoms with Crippen LogP contribution in [-0.4, -0.2) is 36.7 Å². The summed E-state index contributed by atoms with van der Waals surface area (Å²) < 4.78 is 0. The van der Waals surface area contributed by atoms with Crippen LogP contribution in [-0.2, 0) is 9.63 Å². The van der Waals surface area contributed by atoms with Gasteiger partial charge in [-0.25, -0.2) is 0 Å². The summed E-state index contributed by atoms with van der Waals surface area (Å²) in [7, 11) is 1.44. The van der Waals surface area contributed by atoms with Crippen molar-refractivity contribution < 1.29 is 9.63 Å². The molecule has 2 unspecified atom stereocenters. The number of likely N-dealkylation sites (tertiary alicyclic amines) is 1. The van der Waals surface area contributed by atoms with E-state index < -0.39 is 0 Å². The minimum atomic E-state index is -0.00926. The Bertz CT molecular complexity index is 240. The van der Waals surface area contributed by atoms with E-state index in [4.69, 9.17) is 0 Å². The van der Waals surface area contributed by atoms with Gasteiger partial charge >= 0.3 is 0 Å². The van der Waals surface area contributed by atoms with Gasteiger partial charge in [0, 0.05) is 12.6 Å². The van der Waals surface area contributed by atoms with E-state index in [-0.39, 0.29) is 5.91 Å². The van der Waals surface area contributed by atoms with E-state index in [1.807, 2.05) is 4.90 Å². The predicted molar refractivity (Wildman–Crippen MR) is 48.3 cm³/mol. The molecule has 1 saturated heterocycles. The van der Waals surface area contributed by atoms with Crippen molar-refractivity contribution in [1.82, 2.24) is 4.90 Å². The quantitative estimate of drug-likeness (QED) is 0.464. The Labute approximate surface area is 77.5 Å². The summed E-state index contributed by atoms with van der Waals surface area (Å²) in [5.41, 5.74) is 0. The van der Waals surface area contributed by atoms with Gasteiger partial charge in [-0.2, -0.15) is 0 Å². The maximum Gasteiger partial charge on any atom is 0.268 e. The molecule has 2 fully saturated rings. The molecule has 1 amide bonds. The zero-order valence-corrected chi connectivity index (χ0v) is 7.77. The van der Waals surface area contributed by atoms with Crippen LogP contribution in [0.15, 0.2) is 5.16 Å². The number of carbonyl (C=O) groups is 1. The van der Waals surface area contributed by atoms with Gasteiger partial charge in [0.05, 0.1) is 0 Å². The molecule has 0 spiro atoms. The topological polar surface area (TPSA) is 41.9 Å². The van der Waals surface area contributed by atoms with Crippen molar-refractivity contribution in [2.45, 2.75) is 25.3 Å². The molecule has 2 aliphatic rings. The van der Waals surface area contributed by atoms with Crippen LogP contribution in [0.4, 0.5) is 0 Å². The molecule has 0 aromatic rings. The zero-order chi connectivity index (χ0) is 9.26. The Kier molecular flexibility index (Phi) is 2.20. The number of hydrogen-bond acceptors (Lipinski definition) is 3. The van der Waals surface area contributed by atoms with Crippen LogP contribution in [0.5, 0.6) is 0 Å². The molecule has 2 atom stereocenters. The number of nitrogens with zero attached hydrogens (tertiary/aromatic N) is 2. The molecule has 4 heteroatoms. The Morgan fingerprint density at radius 1 is 1.62 bits per heavy atom. The van der Waals surface area contributed by atoms with Crippen molar-refractivity contribution in [3.8, 4) is 0 Å². The van der Waals surface area contributed by atoms with Crippen LogP contribution < -0.4 is 0 Å². The summed E-state index contributed by atoms with van der Waals surface area (Å²) in [4.78, 5) is 17.8. The van der Waals surface area contributed by atoms with Crippen LogP contribution in [0.2, 0.25) is 0 Å². The van der Waals surface area contributed by atoms with Gasteiger partial charge in [-0.3, -0.25) is 4.79 Å². The lowest BCUT2D eigenvalue weighted by Crippen LogP contribution is -2.56. The van der Waals surface area contributed by atoms with Crippen molar-refractivity contribution in [2.24, 2.45) is 11.1 Å². The first-order valence-corrected chi connectivity index (χ1v) is 4.70. The highest BCUT2D eigenvalue weighted by atomic mass is 16.6. The van der Waals surface area contributed by atoms with Crippen molar-refractivity contribution >= 4 is 12.1 Å². The van der Waals surface area contributed by atoms with Crippen molar-refractivity contribution in [3.05, 3.63) is 0 Å². The van der Waals surface area contributed by atoms with Crippen molar-refractivity contribution in [2.75, 3.05) is 13.7 Å². The van der Waals surface area contributed by atoms with Gasteiger partial charge in [0.25, 0.3) is 5.91 Å². The molecule has 1 heterocycles. The fourth-order valence-corrected chi connectivity index (χ4v) is 2.32. The Balaban J connectivity index is 1.89. The lowest BCUT2D eigenvalue weighted by Gasteiger charge is -2.43. The van der Waals surface area contributed by atoms with Crippen LogP contribution in [0.1, 0.15) is 19.3 Å². The normalized spacial score (nSPS) is 31.6. The van der Waals surface area contributed by atoms with Crippen LogP contribution in [0.3, 0.4) is 0 Å². The third-order valence-electron chi connectivity index (χ3n) is 3.00. The second-order valence-corrected chi connectivity index (χ2v) is 3.67. The minimum Gasteiger partial charge on any atom is -0.399 e. The second-order valence-electron chi connectivity index (χ2n) is 3.67. The average Bonchev–Trinajstić information content (AvgIpc) is 2.44. The van der Waals surface area contributed by atoms with E-state index in [0.29, 0.717) is 6.04 Å². The fourth-order valence-electron chi connectivity index (χ4n) is 2.32. The molecule has 1 aliphatic carbocycles. The number of fused-ring (bicyclic) bond motifs is 1. The van der Waals surface area contributed by atoms with E-state index >= 15 is 0 Å². The average molecular weight is 182 g/mol. The molecule has 1 saturated carbocycles. The molecule has 0 aromatic heterocycles. The van der Waals surface area contributed by atoms with Gasteiger partial charge in [-0.05, 0) is 18.8 Å². The van der Waals surface area contributed by atoms with Gasteiger partial charge in [0.2, 0.25) is 0 Å². The maximum atomic E-state index is 11.4. The highest BCUT2D eigenvalue weighted by Gasteiger charge is 2.43. The summed E-state index contributed by atoms with van der Waals surface area (Å²) in [5, 5.41) is 3.47. The van der Waals surface area contributed by atoms with Gasteiger partial charge in [0.1, 0.15) is 13.3 Å². The SMILES string of the molecule is CO/N=C/C(=O)N1CC2CCCC21. The molecule has 2 rings (SSSR count). The molecule has 0 radical (unpaired) electrons. The number of rotatable bonds is 2. The molecule has 72 valence electrons. The minimum absolute atomic E-state index is 0.00926. The maximum absolute atomic E-state index is 11.4. The smallest absolute Gasteiger partial charge is 0.268 e. The molecule has 0 N–H and O–H groups in total. The lowest BCUT2D eigenvalue weighted by atomic mass is 9.92. The highest BCUT2D eigenvalue weighted by molar-refractivity contribution is 6.26. The Hall–Kier alpha value is -1.06. The van der Waals surface area contributed by atoms with Gasteiger partial charge in [-0.15, -0.1) is 0 Å². The van der Waals surface area contributed by atoms with Crippen LogP contribution in [0.25, 0.3) is 0 Å². The summed E-state index contributed by atoms with van der Waals surface area (Å²) in [6.45, 7) is 0.916. The third-order valence-corrected chi connectivity index (χ3v) is 3.00. The summed E-state index contributed by atoms with van der Waals surface area (Å²) in [5.74, 6) is 0.755. The van der Waals surface area contributed by atoms with Crippen LogP contribution >= 0.6 is 0 Å². The monoisotopic (exact) mass is 182 g/mol.